The molecule has 0 aromatic heterocycles. The summed E-state index contributed by atoms with van der Waals surface area (Å²) in [6, 6.07) is 21.2. The highest BCUT2D eigenvalue weighted by Crippen LogP contribution is 2.48. The van der Waals surface area contributed by atoms with E-state index in [1.165, 1.54) is 182 Å². The molecule has 8 nitrogen and oxygen atoms in total. The van der Waals surface area contributed by atoms with E-state index in [1.54, 1.807) is 25.7 Å². The summed E-state index contributed by atoms with van der Waals surface area (Å²) in [4.78, 5) is 0. The summed E-state index contributed by atoms with van der Waals surface area (Å²) < 4.78 is 40.5. The normalized spacial score (nSPS) is 18.7. The van der Waals surface area contributed by atoms with Crippen molar-refractivity contribution < 1.29 is 37.9 Å². The van der Waals surface area contributed by atoms with Crippen LogP contribution in [-0.2, 0) is 44.3 Å². The molecule has 8 aliphatic rings. The molecule has 4 saturated carbocycles. The Kier molecular flexibility index (Phi) is 81.6. The zero-order valence-corrected chi connectivity index (χ0v) is 83.9. The van der Waals surface area contributed by atoms with Crippen molar-refractivity contribution in [3.8, 4) is 0 Å². The fourth-order valence-corrected chi connectivity index (χ4v) is 20.1. The highest BCUT2D eigenvalue weighted by Gasteiger charge is 2.39. The van der Waals surface area contributed by atoms with E-state index in [0.717, 1.165) is 95.4 Å². The third kappa shape index (κ3) is 87.3. The van der Waals surface area contributed by atoms with Gasteiger partial charge in [-0.05, 0) is 114 Å². The molecule has 0 N–H and O–H groups in total. The third-order valence-corrected chi connectivity index (χ3v) is 31.9. The van der Waals surface area contributed by atoms with Crippen molar-refractivity contribution in [1.82, 2.24) is 0 Å². The molecule has 0 radical (unpaired) electrons. The van der Waals surface area contributed by atoms with Crippen LogP contribution >= 0.6 is 0 Å². The summed E-state index contributed by atoms with van der Waals surface area (Å²) in [5, 5.41) is 1.54. The van der Waals surface area contributed by atoms with Crippen LogP contribution in [0.1, 0.15) is 329 Å². The highest BCUT2D eigenvalue weighted by atomic mass is 28.3. The van der Waals surface area contributed by atoms with Crippen molar-refractivity contribution in [3.05, 3.63) is 130 Å². The minimum absolute atomic E-state index is 0.146. The lowest BCUT2D eigenvalue weighted by Crippen LogP contribution is -2.40. The molecular formula is C103H198O8Si3. The van der Waals surface area contributed by atoms with Crippen LogP contribution < -0.4 is 5.19 Å². The first kappa shape index (κ1) is 118. The van der Waals surface area contributed by atoms with Crippen molar-refractivity contribution in [2.24, 2.45) is 47.3 Å². The Morgan fingerprint density at radius 2 is 0.605 bits per heavy atom. The number of epoxide rings is 4. The molecule has 10 rings (SSSR count). The zero-order chi connectivity index (χ0) is 86.9. The molecule has 4 aliphatic carbocycles. The van der Waals surface area contributed by atoms with Crippen LogP contribution in [0.25, 0.3) is 0 Å². The molecule has 114 heavy (non-hydrogen) atoms. The zero-order valence-electron chi connectivity index (χ0n) is 80.9. The molecule has 2 aromatic rings. The molecule has 4 saturated heterocycles. The minimum atomic E-state index is -1.03. The van der Waals surface area contributed by atoms with Gasteiger partial charge in [-0.25, -0.2) is 0 Å². The van der Waals surface area contributed by atoms with Crippen LogP contribution in [0.2, 0.25) is 69.0 Å². The Morgan fingerprint density at radius 3 is 0.789 bits per heavy atom. The summed E-state index contributed by atoms with van der Waals surface area (Å²) in [5.41, 5.74) is 4.90. The molecule has 4 heterocycles. The van der Waals surface area contributed by atoms with E-state index >= 15 is 0 Å². The molecular weight excluding hydrogens is 1450 g/mol. The Bertz CT molecular complexity index is 2180. The number of benzene rings is 2. The Hall–Kier alpha value is -2.53. The minimum Gasteiger partial charge on any atom is -0.350 e. The van der Waals surface area contributed by atoms with Gasteiger partial charge in [-0.3, -0.25) is 0 Å². The fourth-order valence-electron chi connectivity index (χ4n) is 12.3. The highest BCUT2D eigenvalue weighted by molar-refractivity contribution is 6.88. The monoisotopic (exact) mass is 1650 g/mol. The molecule has 4 unspecified atom stereocenters. The van der Waals surface area contributed by atoms with Gasteiger partial charge in [0.2, 0.25) is 0 Å². The second-order valence-electron chi connectivity index (χ2n) is 38.0. The number of aryl methyl sites for hydroxylation is 1. The summed E-state index contributed by atoms with van der Waals surface area (Å²) >= 11 is 0. The second kappa shape index (κ2) is 79.0. The molecule has 0 bridgehead atoms. The average Bonchev–Trinajstić information content (AvgIpc) is 1.27. The number of hydrogen-bond donors (Lipinski definition) is 0. The van der Waals surface area contributed by atoms with Crippen molar-refractivity contribution in [1.29, 1.82) is 0 Å². The van der Waals surface area contributed by atoms with E-state index in [2.05, 4.69) is 264 Å². The number of unbranched alkanes of at least 4 members (excludes halogenated alkanes) is 4. The van der Waals surface area contributed by atoms with E-state index in [0.29, 0.717) is 29.6 Å². The predicted molar refractivity (Wildman–Crippen MR) is 519 cm³/mol. The fraction of sp³-hybridized carbons (Fsp3) is 0.786. The first-order chi connectivity index (χ1) is 54.1. The number of allylic oxidation sites excluding steroid dienone is 5. The standard InChI is InChI=1S/C14H28Si.C9H20Si.C9H14Si.2C8H16O2.C8H16.C8H10.2C7H14O2.5C5H10/c1-15(2,13-9-5-3-6-10-13)14-11-7-4-8-12-14;2*1-10(2,3)9-7-5-4-6-8-9;2*1-7(2)4-3-5-9-8-6-10-8;2*1-2-8-6-4-3-5-7-8;2*1-2-3-4-5-8-7-6-9-7;5*1-4-5(2)3/h13-14H,3-12H2,1-2H3;9H,4-8H2,1-3H3;4-8H,1-3H3;2*7-8H,3-6H2,1-2H3;8H,2-7H2,1H3;3-7H,2H2,1H3;2*7H,2-6H2,1H3;5*4-5H,1H2,2-3H3. The van der Waals surface area contributed by atoms with Crippen LogP contribution in [0.4, 0.5) is 0 Å². The quantitative estimate of drug-likeness (QED) is 0.0319. The maximum Gasteiger partial charge on any atom is 0.181 e. The number of ether oxygens (including phenoxy) is 8. The Labute approximate surface area is 716 Å². The summed E-state index contributed by atoms with van der Waals surface area (Å²) in [6.07, 6.45) is 55.6. The van der Waals surface area contributed by atoms with Gasteiger partial charge in [-0.1, -0.05) is 434 Å². The van der Waals surface area contributed by atoms with E-state index in [-0.39, 0.29) is 25.2 Å². The van der Waals surface area contributed by atoms with Crippen molar-refractivity contribution >= 4 is 29.4 Å². The van der Waals surface area contributed by atoms with Crippen molar-refractivity contribution in [3.63, 3.8) is 0 Å². The lowest BCUT2D eigenvalue weighted by atomic mass is 9.88. The molecule has 0 amide bonds. The largest absolute Gasteiger partial charge is 0.350 e. The molecule has 4 aliphatic heterocycles. The van der Waals surface area contributed by atoms with Gasteiger partial charge in [-0.15, -0.1) is 32.9 Å². The molecule has 4 atom stereocenters. The van der Waals surface area contributed by atoms with Gasteiger partial charge < -0.3 is 37.9 Å². The smallest absolute Gasteiger partial charge is 0.181 e. The first-order valence-corrected chi connectivity index (χ1v) is 57.5. The molecule has 0 spiro atoms. The molecule has 11 heteroatoms. The van der Waals surface area contributed by atoms with Crippen LogP contribution in [0.3, 0.4) is 0 Å². The number of hydrogen-bond acceptors (Lipinski definition) is 8. The predicted octanol–water partition coefficient (Wildman–Crippen LogP) is 32.3. The van der Waals surface area contributed by atoms with Crippen molar-refractivity contribution in [2.75, 3.05) is 52.9 Å². The van der Waals surface area contributed by atoms with Gasteiger partial charge >= 0.3 is 0 Å². The van der Waals surface area contributed by atoms with Gasteiger partial charge in [0.15, 0.2) is 25.2 Å². The van der Waals surface area contributed by atoms with Gasteiger partial charge in [-0.2, -0.15) is 0 Å². The summed E-state index contributed by atoms with van der Waals surface area (Å²) in [7, 11) is -2.69. The van der Waals surface area contributed by atoms with Crippen LogP contribution in [0, 0.1) is 47.3 Å². The van der Waals surface area contributed by atoms with Gasteiger partial charge in [0.1, 0.15) is 26.4 Å². The topological polar surface area (TPSA) is 87.0 Å². The van der Waals surface area contributed by atoms with Crippen LogP contribution in [0.5, 0.6) is 0 Å². The van der Waals surface area contributed by atoms with Crippen LogP contribution in [0.15, 0.2) is 124 Å². The first-order valence-electron chi connectivity index (χ1n) is 47.2. The summed E-state index contributed by atoms with van der Waals surface area (Å²) in [5.74, 6) is 5.92. The molecule has 2 aromatic carbocycles. The summed E-state index contributed by atoms with van der Waals surface area (Å²) in [6.45, 7) is 83.4. The van der Waals surface area contributed by atoms with Gasteiger partial charge in [0.25, 0.3) is 0 Å². The Morgan fingerprint density at radius 1 is 0.351 bits per heavy atom. The average molecular weight is 1650 g/mol. The van der Waals surface area contributed by atoms with Gasteiger partial charge in [0.05, 0.1) is 16.1 Å². The maximum atomic E-state index is 5.28. The van der Waals surface area contributed by atoms with E-state index in [1.807, 2.05) is 36.4 Å². The van der Waals surface area contributed by atoms with E-state index < -0.39 is 24.2 Å². The Balaban J connectivity index is -0.000000579. The number of rotatable bonds is 31. The molecule has 670 valence electrons. The maximum absolute atomic E-state index is 5.28. The second-order valence-corrected chi connectivity index (χ2v) is 53.9. The van der Waals surface area contributed by atoms with Crippen molar-refractivity contribution in [2.45, 2.75) is 424 Å². The molecule has 8 fully saturated rings. The SMILES string of the molecule is C=CC(C)C.C=CC(C)C.C=CC(C)C.C=CC(C)C.C=CC(C)C.CC(C)CCCOC1CO1.CC(C)CCCOC1CO1.CCC1CCCCC1.CCCCCOC1CO1.CCCCCOC1CO1.CCc1ccccc1.C[Si](C)(C)C1CCCCC1.C[Si](C)(C)c1ccccc1.C[Si](C)(C1CCCCC1)C1CCCCC1. The van der Waals surface area contributed by atoms with E-state index in [9.17, 15) is 0 Å². The lowest BCUT2D eigenvalue weighted by molar-refractivity contribution is 0.0466. The van der Waals surface area contributed by atoms with Crippen LogP contribution in [-0.4, -0.2) is 102 Å². The van der Waals surface area contributed by atoms with E-state index in [4.69, 9.17) is 37.9 Å². The third-order valence-electron chi connectivity index (χ3n) is 21.5. The lowest BCUT2D eigenvalue weighted by Gasteiger charge is -2.43. The van der Waals surface area contributed by atoms with Gasteiger partial charge in [0, 0.05) is 34.5 Å².